The molecule has 0 saturated heterocycles. The number of ether oxygens (including phenoxy) is 2. The van der Waals surface area contributed by atoms with Crippen LogP contribution in [0.1, 0.15) is 5.69 Å². The van der Waals surface area contributed by atoms with Crippen molar-refractivity contribution in [1.29, 1.82) is 0 Å². The molecule has 0 aliphatic rings. The van der Waals surface area contributed by atoms with Gasteiger partial charge in [-0.1, -0.05) is 36.4 Å². The van der Waals surface area contributed by atoms with Crippen molar-refractivity contribution < 1.29 is 9.47 Å². The summed E-state index contributed by atoms with van der Waals surface area (Å²) >= 11 is 0. The van der Waals surface area contributed by atoms with Gasteiger partial charge in [0.2, 0.25) is 17.8 Å². The topological polar surface area (TPSA) is 132 Å². The van der Waals surface area contributed by atoms with Gasteiger partial charge in [0.05, 0.1) is 26.4 Å². The Balaban J connectivity index is 1.39. The number of hydrogen-bond acceptors (Lipinski definition) is 10. The lowest BCUT2D eigenvalue weighted by Gasteiger charge is -2.12. The van der Waals surface area contributed by atoms with Crippen molar-refractivity contribution in [2.45, 2.75) is 6.42 Å². The van der Waals surface area contributed by atoms with Crippen LogP contribution >= 0.6 is 0 Å². The van der Waals surface area contributed by atoms with Crippen molar-refractivity contribution in [3.63, 3.8) is 0 Å². The smallest absolute Gasteiger partial charge is 0.233 e. The Bertz CT molecular complexity index is 1210. The van der Waals surface area contributed by atoms with Crippen molar-refractivity contribution in [1.82, 2.24) is 19.9 Å². The molecule has 2 aromatic carbocycles. The Kier molecular flexibility index (Phi) is 9.73. The van der Waals surface area contributed by atoms with E-state index in [2.05, 4.69) is 60.2 Å². The summed E-state index contributed by atoms with van der Waals surface area (Å²) in [5.41, 5.74) is 7.30. The molecule has 2 aromatic heterocycles. The van der Waals surface area contributed by atoms with E-state index in [-0.39, 0.29) is 0 Å². The highest BCUT2D eigenvalue weighted by molar-refractivity contribution is 5.86. The summed E-state index contributed by atoms with van der Waals surface area (Å²) in [5, 5.41) is 12.1. The number of benzene rings is 2. The fourth-order valence-corrected chi connectivity index (χ4v) is 3.47. The Morgan fingerprint density at radius 2 is 1.42 bits per heavy atom. The number of pyridine rings is 1. The second-order valence-corrected chi connectivity index (χ2v) is 7.93. The van der Waals surface area contributed by atoms with Crippen LogP contribution in [0.5, 0.6) is 0 Å². The minimum atomic E-state index is 0.444. The van der Waals surface area contributed by atoms with Gasteiger partial charge in [-0.15, -0.1) is 0 Å². The number of nitrogens with zero attached hydrogens (tertiary/aromatic N) is 4. The van der Waals surface area contributed by atoms with Crippen molar-refractivity contribution in [3.8, 4) is 0 Å². The zero-order chi connectivity index (χ0) is 24.8. The third-order valence-corrected chi connectivity index (χ3v) is 5.20. The minimum absolute atomic E-state index is 0.444. The van der Waals surface area contributed by atoms with Gasteiger partial charge in [0.1, 0.15) is 0 Å². The van der Waals surface area contributed by atoms with E-state index in [1.807, 2.05) is 36.4 Å². The minimum Gasteiger partial charge on any atom is -0.378 e. The van der Waals surface area contributed by atoms with E-state index in [0.29, 0.717) is 63.9 Å². The maximum atomic E-state index is 5.58. The second-order valence-electron chi connectivity index (χ2n) is 7.93. The number of anilines is 4. The van der Waals surface area contributed by atoms with Crippen LogP contribution in [0, 0.1) is 0 Å². The molecule has 4 rings (SSSR count). The average molecular weight is 489 g/mol. The van der Waals surface area contributed by atoms with Crippen LogP contribution in [0.25, 0.3) is 10.8 Å². The van der Waals surface area contributed by atoms with Gasteiger partial charge in [-0.2, -0.15) is 15.0 Å². The van der Waals surface area contributed by atoms with Crippen LogP contribution < -0.4 is 21.7 Å². The monoisotopic (exact) mass is 488 g/mol. The maximum absolute atomic E-state index is 5.58. The van der Waals surface area contributed by atoms with Gasteiger partial charge >= 0.3 is 0 Å². The molecular weight excluding hydrogens is 456 g/mol. The van der Waals surface area contributed by atoms with E-state index in [0.717, 1.165) is 23.2 Å². The predicted molar refractivity (Wildman–Crippen MR) is 143 cm³/mol. The molecule has 36 heavy (non-hydrogen) atoms. The predicted octanol–water partition coefficient (Wildman–Crippen LogP) is 3.22. The van der Waals surface area contributed by atoms with Crippen molar-refractivity contribution in [2.24, 2.45) is 5.73 Å². The van der Waals surface area contributed by atoms with Crippen molar-refractivity contribution in [3.05, 3.63) is 72.6 Å². The first kappa shape index (κ1) is 25.2. The number of fused-ring (bicyclic) bond motifs is 1. The molecule has 10 heteroatoms. The normalized spacial score (nSPS) is 10.9. The van der Waals surface area contributed by atoms with Gasteiger partial charge in [0.15, 0.2) is 0 Å². The van der Waals surface area contributed by atoms with E-state index >= 15 is 0 Å². The summed E-state index contributed by atoms with van der Waals surface area (Å²) in [6.45, 7) is 3.75. The largest absolute Gasteiger partial charge is 0.378 e. The maximum Gasteiger partial charge on any atom is 0.233 e. The molecule has 0 aliphatic heterocycles. The number of aromatic nitrogens is 4. The molecule has 0 aliphatic carbocycles. The Morgan fingerprint density at radius 1 is 0.694 bits per heavy atom. The molecule has 2 heterocycles. The summed E-state index contributed by atoms with van der Waals surface area (Å²) in [5.74, 6) is 1.37. The third kappa shape index (κ3) is 8.12. The molecule has 0 radical (unpaired) electrons. The summed E-state index contributed by atoms with van der Waals surface area (Å²) in [7, 11) is 0. The SMILES string of the molecule is NCCOCCOCCNc1nc(NCCc2ccccn2)nc(Nc2ccc3ccccc3c2)n1. The standard InChI is InChI=1S/C26H32N8O2/c27-11-15-35-17-18-36-16-14-30-25-32-24(29-13-10-22-7-3-4-12-28-22)33-26(34-25)31-23-9-8-20-5-1-2-6-21(20)19-23/h1-9,12,19H,10-11,13-18,27H2,(H3,29,30,31,32,33,34). The van der Waals surface area contributed by atoms with Gasteiger partial charge < -0.3 is 31.2 Å². The van der Waals surface area contributed by atoms with Crippen LogP contribution in [0.3, 0.4) is 0 Å². The fraction of sp³-hybridized carbons (Fsp3) is 0.308. The first-order valence-electron chi connectivity index (χ1n) is 12.1. The highest BCUT2D eigenvalue weighted by Crippen LogP contribution is 2.21. The third-order valence-electron chi connectivity index (χ3n) is 5.20. The van der Waals surface area contributed by atoms with Gasteiger partial charge in [-0.3, -0.25) is 4.98 Å². The van der Waals surface area contributed by atoms with E-state index in [1.54, 1.807) is 6.20 Å². The molecule has 0 bridgehead atoms. The number of nitrogens with two attached hydrogens (primary N) is 1. The second kappa shape index (κ2) is 13.9. The molecule has 0 unspecified atom stereocenters. The Morgan fingerprint density at radius 3 is 2.19 bits per heavy atom. The summed E-state index contributed by atoms with van der Waals surface area (Å²) < 4.78 is 10.9. The highest BCUT2D eigenvalue weighted by Gasteiger charge is 2.08. The molecule has 188 valence electrons. The van der Waals surface area contributed by atoms with Gasteiger partial charge in [0.25, 0.3) is 0 Å². The number of nitrogens with one attached hydrogen (secondary N) is 3. The van der Waals surface area contributed by atoms with Crippen LogP contribution in [-0.4, -0.2) is 66.0 Å². The Hall–Kier alpha value is -3.86. The lowest BCUT2D eigenvalue weighted by Crippen LogP contribution is -2.17. The van der Waals surface area contributed by atoms with Crippen LogP contribution in [0.4, 0.5) is 23.5 Å². The average Bonchev–Trinajstić information content (AvgIpc) is 2.91. The quantitative estimate of drug-likeness (QED) is 0.185. The summed E-state index contributed by atoms with van der Waals surface area (Å²) in [4.78, 5) is 18.0. The molecule has 4 aromatic rings. The molecule has 0 spiro atoms. The molecular formula is C26H32N8O2. The lowest BCUT2D eigenvalue weighted by molar-refractivity contribution is 0.0547. The van der Waals surface area contributed by atoms with Crippen LogP contribution in [0.15, 0.2) is 66.9 Å². The van der Waals surface area contributed by atoms with E-state index in [9.17, 15) is 0 Å². The first-order chi connectivity index (χ1) is 17.8. The lowest BCUT2D eigenvalue weighted by atomic mass is 10.1. The van der Waals surface area contributed by atoms with Crippen molar-refractivity contribution in [2.75, 3.05) is 62.0 Å². The van der Waals surface area contributed by atoms with E-state index in [4.69, 9.17) is 15.2 Å². The zero-order valence-electron chi connectivity index (χ0n) is 20.2. The molecule has 0 fully saturated rings. The molecule has 5 N–H and O–H groups in total. The molecule has 0 atom stereocenters. The van der Waals surface area contributed by atoms with Crippen LogP contribution in [-0.2, 0) is 15.9 Å². The van der Waals surface area contributed by atoms with Crippen LogP contribution in [0.2, 0.25) is 0 Å². The van der Waals surface area contributed by atoms with Gasteiger partial charge in [-0.25, -0.2) is 0 Å². The first-order valence-corrected chi connectivity index (χ1v) is 12.1. The van der Waals surface area contributed by atoms with E-state index in [1.165, 1.54) is 5.39 Å². The van der Waals surface area contributed by atoms with E-state index < -0.39 is 0 Å². The fourth-order valence-electron chi connectivity index (χ4n) is 3.47. The summed E-state index contributed by atoms with van der Waals surface area (Å²) in [6, 6.07) is 20.2. The summed E-state index contributed by atoms with van der Waals surface area (Å²) in [6.07, 6.45) is 2.54. The zero-order valence-corrected chi connectivity index (χ0v) is 20.2. The Labute approximate surface area is 210 Å². The van der Waals surface area contributed by atoms with Gasteiger partial charge in [-0.05, 0) is 35.0 Å². The van der Waals surface area contributed by atoms with Gasteiger partial charge in [0, 0.05) is 43.6 Å². The molecule has 0 saturated carbocycles. The number of hydrogen-bond donors (Lipinski definition) is 4. The molecule has 10 nitrogen and oxygen atoms in total. The number of rotatable bonds is 15. The molecule has 0 amide bonds. The van der Waals surface area contributed by atoms with Crippen molar-refractivity contribution >= 4 is 34.3 Å². The highest BCUT2D eigenvalue weighted by atomic mass is 16.5.